The molecule has 7 nitrogen and oxygen atoms in total. The van der Waals surface area contributed by atoms with Gasteiger partial charge in [-0.25, -0.2) is 9.38 Å². The van der Waals surface area contributed by atoms with Crippen molar-refractivity contribution in [3.05, 3.63) is 53.3 Å². The van der Waals surface area contributed by atoms with Crippen LogP contribution in [0.25, 0.3) is 0 Å². The standard InChI is InChI=1S/C23H33FN4O3/c1-6-25-23(26-11-12-28(2)16-17-7-9-19(24)10-8-17)27-15-18-13-20(29-3)22(31-5)21(14-18)30-4/h7-10,13-14H,6,11-12,15-16H2,1-5H3,(H2,25,26,27). The Bertz CT molecular complexity index is 818. The van der Waals surface area contributed by atoms with Crippen molar-refractivity contribution in [1.82, 2.24) is 15.5 Å². The van der Waals surface area contributed by atoms with E-state index < -0.39 is 0 Å². The Kier molecular flexibility index (Phi) is 9.90. The van der Waals surface area contributed by atoms with Crippen LogP contribution < -0.4 is 24.8 Å². The molecule has 0 aliphatic heterocycles. The van der Waals surface area contributed by atoms with Gasteiger partial charge in [0.05, 0.1) is 27.9 Å². The SMILES string of the molecule is CCNC(=NCc1cc(OC)c(OC)c(OC)c1)NCCN(C)Cc1ccc(F)cc1. The van der Waals surface area contributed by atoms with Crippen molar-refractivity contribution in [3.63, 3.8) is 0 Å². The minimum atomic E-state index is -0.216. The van der Waals surface area contributed by atoms with Crippen LogP contribution in [0.4, 0.5) is 4.39 Å². The lowest BCUT2D eigenvalue weighted by atomic mass is 10.2. The molecule has 0 aliphatic rings. The molecule has 0 amide bonds. The fourth-order valence-electron chi connectivity index (χ4n) is 3.08. The first kappa shape index (κ1) is 24.3. The molecule has 2 aromatic rings. The molecule has 2 aromatic carbocycles. The minimum Gasteiger partial charge on any atom is -0.493 e. The van der Waals surface area contributed by atoms with Crippen molar-refractivity contribution in [3.8, 4) is 17.2 Å². The van der Waals surface area contributed by atoms with Crippen molar-refractivity contribution in [2.24, 2.45) is 4.99 Å². The van der Waals surface area contributed by atoms with Gasteiger partial charge < -0.3 is 29.7 Å². The zero-order chi connectivity index (χ0) is 22.6. The van der Waals surface area contributed by atoms with Crippen LogP contribution in [-0.4, -0.2) is 58.9 Å². The van der Waals surface area contributed by atoms with E-state index in [9.17, 15) is 4.39 Å². The van der Waals surface area contributed by atoms with E-state index in [1.165, 1.54) is 12.1 Å². The van der Waals surface area contributed by atoms with Crippen molar-refractivity contribution < 1.29 is 18.6 Å². The van der Waals surface area contributed by atoms with Gasteiger partial charge in [-0.15, -0.1) is 0 Å². The molecule has 0 saturated heterocycles. The second-order valence-electron chi connectivity index (χ2n) is 7.02. The molecule has 0 radical (unpaired) electrons. The average molecular weight is 433 g/mol. The third-order valence-electron chi connectivity index (χ3n) is 4.64. The van der Waals surface area contributed by atoms with Gasteiger partial charge in [-0.3, -0.25) is 0 Å². The number of nitrogens with zero attached hydrogens (tertiary/aromatic N) is 2. The Hall–Kier alpha value is -3.00. The van der Waals surface area contributed by atoms with Crippen molar-refractivity contribution in [2.75, 3.05) is 48.0 Å². The molecular formula is C23H33FN4O3. The highest BCUT2D eigenvalue weighted by Crippen LogP contribution is 2.38. The molecule has 0 atom stereocenters. The van der Waals surface area contributed by atoms with Gasteiger partial charge in [0.1, 0.15) is 5.82 Å². The van der Waals surface area contributed by atoms with E-state index in [0.717, 1.165) is 43.3 Å². The fraction of sp³-hybridized carbons (Fsp3) is 0.435. The second-order valence-corrected chi connectivity index (χ2v) is 7.02. The van der Waals surface area contributed by atoms with Gasteiger partial charge >= 0.3 is 0 Å². The summed E-state index contributed by atoms with van der Waals surface area (Å²) in [4.78, 5) is 6.83. The Morgan fingerprint density at radius 3 is 2.16 bits per heavy atom. The van der Waals surface area contributed by atoms with Crippen molar-refractivity contribution in [2.45, 2.75) is 20.0 Å². The van der Waals surface area contributed by atoms with Crippen molar-refractivity contribution >= 4 is 5.96 Å². The lowest BCUT2D eigenvalue weighted by Crippen LogP contribution is -2.40. The first-order valence-corrected chi connectivity index (χ1v) is 10.2. The normalized spacial score (nSPS) is 11.4. The van der Waals surface area contributed by atoms with Crippen LogP contribution in [0.2, 0.25) is 0 Å². The number of halogens is 1. The number of hydrogen-bond acceptors (Lipinski definition) is 5. The Morgan fingerprint density at radius 2 is 1.61 bits per heavy atom. The molecule has 0 bridgehead atoms. The monoisotopic (exact) mass is 432 g/mol. The van der Waals surface area contributed by atoms with Crippen LogP contribution in [0.3, 0.4) is 0 Å². The first-order chi connectivity index (χ1) is 15.0. The first-order valence-electron chi connectivity index (χ1n) is 10.2. The Labute approximate surface area is 184 Å². The number of rotatable bonds is 11. The van der Waals surface area contributed by atoms with E-state index in [4.69, 9.17) is 14.2 Å². The summed E-state index contributed by atoms with van der Waals surface area (Å²) < 4.78 is 29.2. The number of likely N-dealkylation sites (N-methyl/N-ethyl adjacent to an activating group) is 1. The van der Waals surface area contributed by atoms with E-state index >= 15 is 0 Å². The molecule has 0 fully saturated rings. The maximum Gasteiger partial charge on any atom is 0.203 e. The van der Waals surface area contributed by atoms with Gasteiger partial charge in [-0.1, -0.05) is 12.1 Å². The molecule has 0 spiro atoms. The molecule has 0 heterocycles. The highest BCUT2D eigenvalue weighted by molar-refractivity contribution is 5.79. The lowest BCUT2D eigenvalue weighted by molar-refractivity contribution is 0.324. The molecule has 2 N–H and O–H groups in total. The number of ether oxygens (including phenoxy) is 3. The van der Waals surface area contributed by atoms with Crippen LogP contribution >= 0.6 is 0 Å². The van der Waals surface area contributed by atoms with E-state index in [0.29, 0.717) is 23.8 Å². The second kappa shape index (κ2) is 12.6. The van der Waals surface area contributed by atoms with Gasteiger partial charge in [0.25, 0.3) is 0 Å². The fourth-order valence-corrected chi connectivity index (χ4v) is 3.08. The number of hydrogen-bond donors (Lipinski definition) is 2. The number of guanidine groups is 1. The van der Waals surface area contributed by atoms with E-state index in [1.807, 2.05) is 38.2 Å². The zero-order valence-electron chi connectivity index (χ0n) is 19.0. The zero-order valence-corrected chi connectivity index (χ0v) is 19.0. The molecule has 0 aliphatic carbocycles. The molecular weight excluding hydrogens is 399 g/mol. The summed E-state index contributed by atoms with van der Waals surface area (Å²) in [6, 6.07) is 10.4. The van der Waals surface area contributed by atoms with Crippen LogP contribution in [0.5, 0.6) is 17.2 Å². The number of methoxy groups -OCH3 is 3. The molecule has 2 rings (SSSR count). The van der Waals surface area contributed by atoms with E-state index in [1.54, 1.807) is 21.3 Å². The lowest BCUT2D eigenvalue weighted by Gasteiger charge is -2.18. The molecule has 170 valence electrons. The van der Waals surface area contributed by atoms with Crippen LogP contribution in [-0.2, 0) is 13.1 Å². The van der Waals surface area contributed by atoms with E-state index in [-0.39, 0.29) is 5.82 Å². The molecule has 0 saturated carbocycles. The number of benzene rings is 2. The average Bonchev–Trinajstić information content (AvgIpc) is 2.78. The minimum absolute atomic E-state index is 0.216. The molecule has 8 heteroatoms. The highest BCUT2D eigenvalue weighted by atomic mass is 19.1. The van der Waals surface area contributed by atoms with Gasteiger partial charge in [0.2, 0.25) is 5.75 Å². The highest BCUT2D eigenvalue weighted by Gasteiger charge is 2.13. The smallest absolute Gasteiger partial charge is 0.203 e. The molecule has 31 heavy (non-hydrogen) atoms. The Balaban J connectivity index is 1.94. The quantitative estimate of drug-likeness (QED) is 0.420. The summed E-state index contributed by atoms with van der Waals surface area (Å²) in [5, 5.41) is 6.60. The summed E-state index contributed by atoms with van der Waals surface area (Å²) in [6.45, 7) is 5.52. The Morgan fingerprint density at radius 1 is 0.968 bits per heavy atom. The summed E-state index contributed by atoms with van der Waals surface area (Å²) >= 11 is 0. The summed E-state index contributed by atoms with van der Waals surface area (Å²) in [6.07, 6.45) is 0. The third kappa shape index (κ3) is 7.64. The summed E-state index contributed by atoms with van der Waals surface area (Å²) in [5.74, 6) is 2.28. The summed E-state index contributed by atoms with van der Waals surface area (Å²) in [5.41, 5.74) is 2.02. The van der Waals surface area contributed by atoms with Gasteiger partial charge in [0, 0.05) is 26.2 Å². The number of nitrogens with one attached hydrogen (secondary N) is 2. The number of aliphatic imine (C=N–C) groups is 1. The van der Waals surface area contributed by atoms with Crippen LogP contribution in [0, 0.1) is 5.82 Å². The predicted octanol–water partition coefficient (Wildman–Crippen LogP) is 3.04. The molecule has 0 aromatic heterocycles. The largest absolute Gasteiger partial charge is 0.493 e. The van der Waals surface area contributed by atoms with Crippen molar-refractivity contribution in [1.29, 1.82) is 0 Å². The van der Waals surface area contributed by atoms with Crippen LogP contribution in [0.1, 0.15) is 18.1 Å². The van der Waals surface area contributed by atoms with Gasteiger partial charge in [-0.2, -0.15) is 0 Å². The third-order valence-corrected chi connectivity index (χ3v) is 4.64. The van der Waals surface area contributed by atoms with E-state index in [2.05, 4.69) is 20.5 Å². The van der Waals surface area contributed by atoms with Gasteiger partial charge in [0.15, 0.2) is 17.5 Å². The van der Waals surface area contributed by atoms with Gasteiger partial charge in [-0.05, 0) is 49.4 Å². The maximum absolute atomic E-state index is 13.0. The predicted molar refractivity (Wildman–Crippen MR) is 122 cm³/mol. The maximum atomic E-state index is 13.0. The molecule has 0 unspecified atom stereocenters. The summed E-state index contributed by atoms with van der Waals surface area (Å²) in [7, 11) is 6.81. The topological polar surface area (TPSA) is 67.4 Å². The van der Waals surface area contributed by atoms with Crippen LogP contribution in [0.15, 0.2) is 41.4 Å².